The van der Waals surface area contributed by atoms with Gasteiger partial charge in [0, 0.05) is 42.3 Å². The Hall–Kier alpha value is -4.19. The molecule has 2 unspecified atom stereocenters. The van der Waals surface area contributed by atoms with E-state index in [1.807, 2.05) is 13.8 Å². The average molecular weight is 716 g/mol. The minimum atomic E-state index is -1.05. The Morgan fingerprint density at radius 3 is 2.42 bits per heavy atom. The van der Waals surface area contributed by atoms with E-state index < -0.39 is 51.3 Å². The zero-order valence-electron chi connectivity index (χ0n) is 26.7. The van der Waals surface area contributed by atoms with E-state index in [1.165, 1.54) is 27.5 Å². The number of pyridine rings is 2. The van der Waals surface area contributed by atoms with Crippen LogP contribution >= 0.6 is 34.8 Å². The molecule has 4 heterocycles. The van der Waals surface area contributed by atoms with Crippen LogP contribution in [0.5, 0.6) is 0 Å². The number of piperazine rings is 1. The van der Waals surface area contributed by atoms with Crippen molar-refractivity contribution in [2.24, 2.45) is 0 Å². The lowest BCUT2D eigenvalue weighted by atomic mass is 9.95. The van der Waals surface area contributed by atoms with Gasteiger partial charge in [0.2, 0.25) is 5.91 Å². The number of amides is 2. The SMILES string of the molecule is C=CC(=O)N1CC2C(=O)N(C)c3c(c4cc(F)c(-c5c(N)c(Cl)cc(Cl)c5F)c(Cl)c4n(-c4c(C)ccnc4C(C)C)c3=O)N2CC1C. The van der Waals surface area contributed by atoms with Crippen molar-refractivity contribution >= 4 is 74.6 Å². The molecular formula is C34H31Cl3F2N6O3. The average Bonchev–Trinajstić information content (AvgIpc) is 3.03. The molecule has 0 spiro atoms. The van der Waals surface area contributed by atoms with Crippen LogP contribution in [0.2, 0.25) is 15.1 Å². The Kier molecular flexibility index (Phi) is 8.46. The quantitative estimate of drug-likeness (QED) is 0.141. The van der Waals surface area contributed by atoms with Crippen LogP contribution < -0.4 is 21.1 Å². The van der Waals surface area contributed by atoms with Gasteiger partial charge in [-0.2, -0.15) is 0 Å². The molecule has 2 aromatic carbocycles. The summed E-state index contributed by atoms with van der Waals surface area (Å²) in [5.41, 5.74) is 6.16. The molecule has 0 saturated carbocycles. The van der Waals surface area contributed by atoms with E-state index in [0.29, 0.717) is 16.9 Å². The second-order valence-corrected chi connectivity index (χ2v) is 13.5. The number of benzene rings is 2. The van der Waals surface area contributed by atoms with Crippen molar-refractivity contribution < 1.29 is 18.4 Å². The number of halogens is 5. The fourth-order valence-corrected chi connectivity index (χ4v) is 7.64. The van der Waals surface area contributed by atoms with Crippen molar-refractivity contribution in [2.45, 2.75) is 45.7 Å². The largest absolute Gasteiger partial charge is 0.397 e. The van der Waals surface area contributed by atoms with Crippen molar-refractivity contribution in [3.05, 3.63) is 85.4 Å². The zero-order valence-corrected chi connectivity index (χ0v) is 28.9. The molecule has 2 atom stereocenters. The van der Waals surface area contributed by atoms with Crippen LogP contribution in [0.1, 0.15) is 37.9 Å². The molecule has 2 N–H and O–H groups in total. The van der Waals surface area contributed by atoms with Crippen LogP contribution in [0.15, 0.2) is 41.8 Å². The highest BCUT2D eigenvalue weighted by Crippen LogP contribution is 2.49. The number of aromatic nitrogens is 2. The number of nitrogens with two attached hydrogens (primary N) is 1. The van der Waals surface area contributed by atoms with Gasteiger partial charge >= 0.3 is 0 Å². The molecule has 2 aliphatic rings. The molecule has 0 radical (unpaired) electrons. The van der Waals surface area contributed by atoms with Gasteiger partial charge in [-0.3, -0.25) is 23.9 Å². The second kappa shape index (κ2) is 12.0. The highest BCUT2D eigenvalue weighted by molar-refractivity contribution is 6.40. The summed E-state index contributed by atoms with van der Waals surface area (Å²) < 4.78 is 33.6. The molecule has 250 valence electrons. The predicted molar refractivity (Wildman–Crippen MR) is 187 cm³/mol. The smallest absolute Gasteiger partial charge is 0.281 e. The highest BCUT2D eigenvalue weighted by atomic mass is 35.5. The van der Waals surface area contributed by atoms with Crippen molar-refractivity contribution in [2.75, 3.05) is 35.7 Å². The van der Waals surface area contributed by atoms with E-state index in [9.17, 15) is 14.4 Å². The predicted octanol–water partition coefficient (Wildman–Crippen LogP) is 6.87. The summed E-state index contributed by atoms with van der Waals surface area (Å²) in [6.07, 6.45) is 2.79. The first-order valence-electron chi connectivity index (χ1n) is 15.1. The van der Waals surface area contributed by atoms with E-state index in [0.717, 1.165) is 12.1 Å². The summed E-state index contributed by atoms with van der Waals surface area (Å²) in [4.78, 5) is 50.7. The van der Waals surface area contributed by atoms with Crippen molar-refractivity contribution in [3.8, 4) is 16.8 Å². The number of fused-ring (bicyclic) bond motifs is 5. The first kappa shape index (κ1) is 33.7. The molecular weight excluding hydrogens is 685 g/mol. The monoisotopic (exact) mass is 714 g/mol. The maximum absolute atomic E-state index is 16.6. The molecule has 6 rings (SSSR count). The van der Waals surface area contributed by atoms with Gasteiger partial charge in [0.25, 0.3) is 11.5 Å². The summed E-state index contributed by atoms with van der Waals surface area (Å²) >= 11 is 19.5. The summed E-state index contributed by atoms with van der Waals surface area (Å²) in [6.45, 7) is 11.1. The van der Waals surface area contributed by atoms with E-state index in [4.69, 9.17) is 40.5 Å². The summed E-state index contributed by atoms with van der Waals surface area (Å²) in [5, 5.41) is -0.696. The van der Waals surface area contributed by atoms with E-state index in [-0.39, 0.29) is 62.9 Å². The van der Waals surface area contributed by atoms with Gasteiger partial charge in [-0.15, -0.1) is 0 Å². The number of carbonyl (C=O) groups excluding carboxylic acids is 2. The van der Waals surface area contributed by atoms with Gasteiger partial charge < -0.3 is 20.4 Å². The van der Waals surface area contributed by atoms with E-state index in [1.54, 1.807) is 31.0 Å². The Morgan fingerprint density at radius 2 is 1.77 bits per heavy atom. The number of rotatable bonds is 4. The first-order chi connectivity index (χ1) is 22.6. The first-order valence-corrected chi connectivity index (χ1v) is 16.2. The zero-order chi connectivity index (χ0) is 35.1. The van der Waals surface area contributed by atoms with Gasteiger partial charge in [0.15, 0.2) is 5.82 Å². The van der Waals surface area contributed by atoms with Crippen LogP contribution in [0.25, 0.3) is 27.7 Å². The van der Waals surface area contributed by atoms with Gasteiger partial charge in [0.1, 0.15) is 17.5 Å². The Bertz CT molecular complexity index is 2130. The van der Waals surface area contributed by atoms with Crippen LogP contribution in [-0.4, -0.2) is 58.5 Å². The van der Waals surface area contributed by atoms with Crippen molar-refractivity contribution in [1.29, 1.82) is 0 Å². The topological polar surface area (TPSA) is 105 Å². The fraction of sp³-hybridized carbons (Fsp3) is 0.294. The molecule has 14 heteroatoms. The van der Waals surface area contributed by atoms with Crippen LogP contribution in [0.3, 0.4) is 0 Å². The third kappa shape index (κ3) is 4.85. The van der Waals surface area contributed by atoms with Crippen molar-refractivity contribution in [1.82, 2.24) is 14.5 Å². The third-order valence-electron chi connectivity index (χ3n) is 9.12. The van der Waals surface area contributed by atoms with Gasteiger partial charge in [-0.05, 0) is 49.6 Å². The maximum Gasteiger partial charge on any atom is 0.281 e. The van der Waals surface area contributed by atoms with Crippen LogP contribution in [0.4, 0.5) is 25.8 Å². The molecule has 0 bridgehead atoms. The lowest BCUT2D eigenvalue weighted by Gasteiger charge is -2.50. The summed E-state index contributed by atoms with van der Waals surface area (Å²) in [6, 6.07) is 2.65. The number of hydrogen-bond acceptors (Lipinski definition) is 6. The van der Waals surface area contributed by atoms with Crippen molar-refractivity contribution in [3.63, 3.8) is 0 Å². The Morgan fingerprint density at radius 1 is 1.08 bits per heavy atom. The van der Waals surface area contributed by atoms with E-state index >= 15 is 8.78 Å². The molecule has 9 nitrogen and oxygen atoms in total. The number of nitrogens with zero attached hydrogens (tertiary/aromatic N) is 5. The molecule has 4 aromatic rings. The third-order valence-corrected chi connectivity index (χ3v) is 10.1. The summed E-state index contributed by atoms with van der Waals surface area (Å²) in [5.74, 6) is -2.99. The minimum absolute atomic E-state index is 0.00449. The molecule has 1 fully saturated rings. The minimum Gasteiger partial charge on any atom is -0.397 e. The normalized spacial score (nSPS) is 17.6. The maximum atomic E-state index is 16.6. The van der Waals surface area contributed by atoms with Crippen LogP contribution in [-0.2, 0) is 9.59 Å². The number of carbonyl (C=O) groups is 2. The number of aryl methyl sites for hydroxylation is 1. The fourth-order valence-electron chi connectivity index (χ4n) is 6.81. The second-order valence-electron chi connectivity index (χ2n) is 12.3. The van der Waals surface area contributed by atoms with Gasteiger partial charge in [-0.1, -0.05) is 55.2 Å². The lowest BCUT2D eigenvalue weighted by molar-refractivity contribution is -0.130. The molecule has 1 saturated heterocycles. The number of likely N-dealkylation sites (N-methyl/N-ethyl adjacent to an activating group) is 1. The van der Waals surface area contributed by atoms with Gasteiger partial charge in [-0.25, -0.2) is 8.78 Å². The summed E-state index contributed by atoms with van der Waals surface area (Å²) in [7, 11) is 1.46. The van der Waals surface area contributed by atoms with Gasteiger partial charge in [0.05, 0.1) is 49.9 Å². The molecule has 48 heavy (non-hydrogen) atoms. The standard InChI is InChI=1S/C34H31Cl3F2N6O3/c1-7-22(46)43-13-21-33(47)42(6)32-31(44(21)12-16(43)5)17-10-20(38)23(24-26(39)18(35)11-19(36)27(24)40)25(37)30(17)45(34(32)48)29-15(4)8-9-41-28(29)14(2)3/h7-11,14,16,21H,1,12-13,40H2,2-6H3. The molecule has 0 aliphatic carbocycles. The number of anilines is 3. The lowest BCUT2D eigenvalue weighted by Crippen LogP contribution is -2.66. The van der Waals surface area contributed by atoms with E-state index in [2.05, 4.69) is 11.6 Å². The molecule has 2 aliphatic heterocycles. The van der Waals surface area contributed by atoms with Crippen LogP contribution in [0, 0.1) is 18.6 Å². The molecule has 2 aromatic heterocycles. The molecule has 2 amide bonds. The Labute approximate surface area is 290 Å². The highest BCUT2D eigenvalue weighted by Gasteiger charge is 2.46. The number of nitrogen functional groups attached to an aromatic ring is 1. The number of hydrogen-bond donors (Lipinski definition) is 1. The Balaban J connectivity index is 1.82.